The van der Waals surface area contributed by atoms with E-state index in [-0.39, 0.29) is 17.6 Å². The molecule has 19 heavy (non-hydrogen) atoms. The molecule has 0 unspecified atom stereocenters. The maximum absolute atomic E-state index is 12.4. The van der Waals surface area contributed by atoms with Crippen LogP contribution in [0.3, 0.4) is 0 Å². The third kappa shape index (κ3) is 2.62. The highest BCUT2D eigenvalue weighted by atomic mass is 16.5. The van der Waals surface area contributed by atoms with Crippen molar-refractivity contribution in [1.29, 1.82) is 0 Å². The quantitative estimate of drug-likeness (QED) is 0.773. The van der Waals surface area contributed by atoms with Crippen molar-refractivity contribution in [2.75, 3.05) is 7.11 Å². The lowest BCUT2D eigenvalue weighted by Gasteiger charge is -2.39. The molecule has 0 N–H and O–H groups in total. The Morgan fingerprint density at radius 3 is 2.63 bits per heavy atom. The average Bonchev–Trinajstić information content (AvgIpc) is 2.77. The number of hydrogen-bond acceptors (Lipinski definition) is 5. The van der Waals surface area contributed by atoms with Gasteiger partial charge in [-0.25, -0.2) is 4.79 Å². The van der Waals surface area contributed by atoms with Crippen LogP contribution in [-0.2, 0) is 9.53 Å². The molecule has 1 saturated carbocycles. The van der Waals surface area contributed by atoms with Crippen LogP contribution in [0.1, 0.15) is 42.4 Å². The summed E-state index contributed by atoms with van der Waals surface area (Å²) in [5.41, 5.74) is 0.236. The molecule has 0 aromatic carbocycles. The van der Waals surface area contributed by atoms with Gasteiger partial charge in [0.2, 0.25) is 0 Å². The number of aromatic nitrogens is 1. The molecule has 1 atom stereocenters. The molecular weight excluding hydrogens is 248 g/mol. The molecule has 0 spiro atoms. The number of carbonyl (C=O) groups is 2. The van der Waals surface area contributed by atoms with E-state index in [1.54, 1.807) is 24.8 Å². The van der Waals surface area contributed by atoms with Crippen molar-refractivity contribution >= 4 is 11.9 Å². The molecule has 2 rings (SSSR count). The van der Waals surface area contributed by atoms with Gasteiger partial charge in [-0.2, -0.15) is 0 Å². The summed E-state index contributed by atoms with van der Waals surface area (Å²) >= 11 is 0. The van der Waals surface area contributed by atoms with E-state index in [2.05, 4.69) is 5.16 Å². The summed E-state index contributed by atoms with van der Waals surface area (Å²) in [5.74, 6) is -0.123. The van der Waals surface area contributed by atoms with Crippen molar-refractivity contribution in [3.8, 4) is 0 Å². The zero-order valence-corrected chi connectivity index (χ0v) is 11.4. The number of carbonyl (C=O) groups excluding carboxylic acids is 2. The molecule has 6 nitrogen and oxygen atoms in total. The van der Waals surface area contributed by atoms with Gasteiger partial charge in [-0.1, -0.05) is 5.16 Å². The van der Waals surface area contributed by atoms with Crippen LogP contribution in [0.25, 0.3) is 0 Å². The van der Waals surface area contributed by atoms with Gasteiger partial charge in [0.15, 0.2) is 5.69 Å². The molecule has 1 aromatic rings. The van der Waals surface area contributed by atoms with E-state index >= 15 is 0 Å². The van der Waals surface area contributed by atoms with Gasteiger partial charge in [-0.3, -0.25) is 4.79 Å². The van der Waals surface area contributed by atoms with Gasteiger partial charge in [-0.15, -0.1) is 0 Å². The minimum atomic E-state index is -0.611. The summed E-state index contributed by atoms with van der Waals surface area (Å²) in [6, 6.07) is 1.05. The third-order valence-corrected chi connectivity index (χ3v) is 3.51. The minimum Gasteiger partial charge on any atom is -0.467 e. The standard InChI is InChI=1S/C13H18N2O4/c1-8-7-11(14-19-8)12(16)15(10-5-4-6-10)9(2)13(17)18-3/h7,9-10H,4-6H2,1-3H3/t9-/m0/s1. The van der Waals surface area contributed by atoms with Crippen LogP contribution < -0.4 is 0 Å². The van der Waals surface area contributed by atoms with Crippen LogP contribution in [0.15, 0.2) is 10.6 Å². The van der Waals surface area contributed by atoms with Crippen molar-refractivity contribution in [1.82, 2.24) is 10.1 Å². The molecule has 104 valence electrons. The van der Waals surface area contributed by atoms with Crippen LogP contribution in [0, 0.1) is 6.92 Å². The Kier molecular flexibility index (Phi) is 3.87. The number of hydrogen-bond donors (Lipinski definition) is 0. The normalized spacial score (nSPS) is 16.6. The number of aryl methyl sites for hydroxylation is 1. The Bertz CT molecular complexity index is 479. The average molecular weight is 266 g/mol. The lowest BCUT2D eigenvalue weighted by molar-refractivity contribution is -0.146. The van der Waals surface area contributed by atoms with Gasteiger partial charge in [0.05, 0.1) is 7.11 Å². The number of rotatable bonds is 4. The predicted molar refractivity (Wildman–Crippen MR) is 66.5 cm³/mol. The van der Waals surface area contributed by atoms with E-state index in [1.807, 2.05) is 0 Å². The van der Waals surface area contributed by atoms with E-state index in [0.717, 1.165) is 19.3 Å². The fraction of sp³-hybridized carbons (Fsp3) is 0.615. The van der Waals surface area contributed by atoms with Crippen molar-refractivity contribution in [3.05, 3.63) is 17.5 Å². The molecule has 1 aliphatic rings. The van der Waals surface area contributed by atoms with Crippen LogP contribution >= 0.6 is 0 Å². The number of nitrogens with zero attached hydrogens (tertiary/aromatic N) is 2. The molecule has 1 aromatic heterocycles. The van der Waals surface area contributed by atoms with Crippen LogP contribution in [0.2, 0.25) is 0 Å². The summed E-state index contributed by atoms with van der Waals surface area (Å²) in [6.45, 7) is 3.40. The fourth-order valence-corrected chi connectivity index (χ4v) is 2.21. The second-order valence-corrected chi connectivity index (χ2v) is 4.82. The number of methoxy groups -OCH3 is 1. The molecule has 1 amide bonds. The Hall–Kier alpha value is -1.85. The summed E-state index contributed by atoms with van der Waals surface area (Å²) in [6.07, 6.45) is 2.88. The second-order valence-electron chi connectivity index (χ2n) is 4.82. The number of esters is 1. The largest absolute Gasteiger partial charge is 0.467 e. The molecule has 0 saturated heterocycles. The Labute approximate surface area is 111 Å². The monoisotopic (exact) mass is 266 g/mol. The lowest BCUT2D eigenvalue weighted by Crippen LogP contribution is -2.52. The number of ether oxygens (including phenoxy) is 1. The van der Waals surface area contributed by atoms with Crippen molar-refractivity contribution in [2.45, 2.75) is 45.2 Å². The molecule has 0 bridgehead atoms. The van der Waals surface area contributed by atoms with Gasteiger partial charge in [0.25, 0.3) is 5.91 Å². The van der Waals surface area contributed by atoms with Gasteiger partial charge in [-0.05, 0) is 33.1 Å². The first-order chi connectivity index (χ1) is 9.04. The van der Waals surface area contributed by atoms with E-state index in [1.165, 1.54) is 7.11 Å². The van der Waals surface area contributed by atoms with Gasteiger partial charge < -0.3 is 14.2 Å². The summed E-state index contributed by atoms with van der Waals surface area (Å²) in [4.78, 5) is 25.7. The molecular formula is C13H18N2O4. The second kappa shape index (κ2) is 5.42. The van der Waals surface area contributed by atoms with Gasteiger partial charge >= 0.3 is 5.97 Å². The van der Waals surface area contributed by atoms with Crippen molar-refractivity contribution in [3.63, 3.8) is 0 Å². The zero-order chi connectivity index (χ0) is 14.0. The highest BCUT2D eigenvalue weighted by molar-refractivity contribution is 5.95. The van der Waals surface area contributed by atoms with E-state index in [9.17, 15) is 9.59 Å². The first-order valence-electron chi connectivity index (χ1n) is 6.38. The molecule has 6 heteroatoms. The van der Waals surface area contributed by atoms with Crippen LogP contribution in [-0.4, -0.2) is 41.1 Å². The van der Waals surface area contributed by atoms with Gasteiger partial charge in [0, 0.05) is 12.1 Å². The molecule has 1 aliphatic carbocycles. The Morgan fingerprint density at radius 2 is 2.21 bits per heavy atom. The maximum atomic E-state index is 12.4. The minimum absolute atomic E-state index is 0.0820. The maximum Gasteiger partial charge on any atom is 0.328 e. The fourth-order valence-electron chi connectivity index (χ4n) is 2.21. The van der Waals surface area contributed by atoms with Crippen LogP contribution in [0.5, 0.6) is 0 Å². The lowest BCUT2D eigenvalue weighted by atomic mass is 9.90. The highest BCUT2D eigenvalue weighted by Gasteiger charge is 2.37. The number of amides is 1. The van der Waals surface area contributed by atoms with E-state index in [0.29, 0.717) is 5.76 Å². The van der Waals surface area contributed by atoms with Crippen molar-refractivity contribution < 1.29 is 18.8 Å². The summed E-state index contributed by atoms with van der Waals surface area (Å²) in [7, 11) is 1.32. The third-order valence-electron chi connectivity index (χ3n) is 3.51. The SMILES string of the molecule is COC(=O)[C@H](C)N(C(=O)c1cc(C)on1)C1CCC1. The Morgan fingerprint density at radius 1 is 1.53 bits per heavy atom. The topological polar surface area (TPSA) is 72.6 Å². The summed E-state index contributed by atoms with van der Waals surface area (Å²) < 4.78 is 9.65. The van der Waals surface area contributed by atoms with Crippen molar-refractivity contribution in [2.24, 2.45) is 0 Å². The first kappa shape index (κ1) is 13.6. The predicted octanol–water partition coefficient (Wildman–Crippen LogP) is 1.54. The zero-order valence-electron chi connectivity index (χ0n) is 11.4. The van der Waals surface area contributed by atoms with Gasteiger partial charge in [0.1, 0.15) is 11.8 Å². The molecule has 0 radical (unpaired) electrons. The highest BCUT2D eigenvalue weighted by Crippen LogP contribution is 2.28. The molecule has 1 heterocycles. The summed E-state index contributed by atoms with van der Waals surface area (Å²) in [5, 5.41) is 3.73. The first-order valence-corrected chi connectivity index (χ1v) is 6.38. The molecule has 1 fully saturated rings. The smallest absolute Gasteiger partial charge is 0.328 e. The van der Waals surface area contributed by atoms with E-state index < -0.39 is 12.0 Å². The molecule has 0 aliphatic heterocycles. The Balaban J connectivity index is 2.22. The van der Waals surface area contributed by atoms with Crippen LogP contribution in [0.4, 0.5) is 0 Å². The van der Waals surface area contributed by atoms with E-state index in [4.69, 9.17) is 9.26 Å².